The molecule has 1 heterocycles. The first-order valence-electron chi connectivity index (χ1n) is 9.56. The number of carbonyl (C=O) groups excluding carboxylic acids is 4. The van der Waals surface area contributed by atoms with Gasteiger partial charge in [0, 0.05) is 23.1 Å². The first-order chi connectivity index (χ1) is 14.6. The summed E-state index contributed by atoms with van der Waals surface area (Å²) in [6.07, 6.45) is 0. The summed E-state index contributed by atoms with van der Waals surface area (Å²) in [7, 11) is 2.39. The quantitative estimate of drug-likeness (QED) is 0.530. The Kier molecular flexibility index (Phi) is 7.57. The second kappa shape index (κ2) is 9.92. The Morgan fingerprint density at radius 1 is 0.903 bits per heavy atom. The van der Waals surface area contributed by atoms with Crippen LogP contribution in [0.5, 0.6) is 0 Å². The zero-order valence-corrected chi connectivity index (χ0v) is 18.4. The lowest BCUT2D eigenvalue weighted by molar-refractivity contribution is -0.119. The van der Waals surface area contributed by atoms with Gasteiger partial charge in [-0.3, -0.25) is 4.79 Å². The van der Waals surface area contributed by atoms with Gasteiger partial charge in [-0.05, 0) is 52.0 Å². The summed E-state index contributed by atoms with van der Waals surface area (Å²) in [6, 6.07) is 5.87. The molecular formula is C22H26N2O7. The summed E-state index contributed by atoms with van der Waals surface area (Å²) in [4.78, 5) is 48.4. The van der Waals surface area contributed by atoms with Crippen molar-refractivity contribution in [3.05, 3.63) is 52.3 Å². The van der Waals surface area contributed by atoms with Crippen LogP contribution in [0.1, 0.15) is 62.4 Å². The van der Waals surface area contributed by atoms with Gasteiger partial charge in [0.1, 0.15) is 0 Å². The second-order valence-electron chi connectivity index (χ2n) is 7.16. The van der Waals surface area contributed by atoms with Gasteiger partial charge in [-0.15, -0.1) is 0 Å². The number of methoxy groups -OCH3 is 2. The Balaban J connectivity index is 2.12. The average Bonchev–Trinajstić information content (AvgIpc) is 3.04. The van der Waals surface area contributed by atoms with E-state index in [0.717, 1.165) is 11.4 Å². The summed E-state index contributed by atoms with van der Waals surface area (Å²) in [5, 5.41) is 2.50. The molecule has 31 heavy (non-hydrogen) atoms. The number of anilines is 1. The fourth-order valence-corrected chi connectivity index (χ4v) is 3.36. The Bertz CT molecular complexity index is 987. The van der Waals surface area contributed by atoms with Crippen LogP contribution in [0.4, 0.5) is 5.69 Å². The minimum atomic E-state index is -0.687. The summed E-state index contributed by atoms with van der Waals surface area (Å²) >= 11 is 0. The number of amides is 1. The second-order valence-corrected chi connectivity index (χ2v) is 7.16. The number of hydrogen-bond donors (Lipinski definition) is 1. The molecule has 0 bridgehead atoms. The Morgan fingerprint density at radius 2 is 1.45 bits per heavy atom. The zero-order chi connectivity index (χ0) is 23.3. The van der Waals surface area contributed by atoms with Crippen molar-refractivity contribution >= 4 is 29.5 Å². The van der Waals surface area contributed by atoms with E-state index in [1.165, 1.54) is 32.4 Å². The number of nitrogens with zero attached hydrogens (tertiary/aromatic N) is 1. The molecule has 166 valence electrons. The molecule has 1 amide bonds. The van der Waals surface area contributed by atoms with E-state index in [2.05, 4.69) is 14.8 Å². The van der Waals surface area contributed by atoms with Gasteiger partial charge in [0.2, 0.25) is 0 Å². The maximum absolute atomic E-state index is 12.4. The van der Waals surface area contributed by atoms with Gasteiger partial charge in [-0.25, -0.2) is 14.4 Å². The monoisotopic (exact) mass is 430 g/mol. The SMILES string of the molecule is COC(=O)c1cc(NC(=O)COC(=O)c2cc(C)n(C(C)C)c2C)cc(C(=O)OC)c1. The third-order valence-corrected chi connectivity index (χ3v) is 4.61. The molecule has 1 N–H and O–H groups in total. The molecule has 0 aliphatic carbocycles. The number of aryl methyl sites for hydroxylation is 1. The van der Waals surface area contributed by atoms with Crippen LogP contribution in [0, 0.1) is 13.8 Å². The molecular weight excluding hydrogens is 404 g/mol. The molecule has 0 spiro atoms. The van der Waals surface area contributed by atoms with E-state index >= 15 is 0 Å². The Labute approximate surface area is 180 Å². The molecule has 0 atom stereocenters. The molecule has 0 saturated carbocycles. The average molecular weight is 430 g/mol. The highest BCUT2D eigenvalue weighted by Gasteiger charge is 2.20. The molecule has 9 heteroatoms. The highest BCUT2D eigenvalue weighted by Crippen LogP contribution is 2.21. The smallest absolute Gasteiger partial charge is 0.340 e. The van der Waals surface area contributed by atoms with Crippen LogP contribution >= 0.6 is 0 Å². The third-order valence-electron chi connectivity index (χ3n) is 4.61. The number of hydrogen-bond acceptors (Lipinski definition) is 7. The van der Waals surface area contributed by atoms with Crippen molar-refractivity contribution < 1.29 is 33.4 Å². The fourth-order valence-electron chi connectivity index (χ4n) is 3.36. The van der Waals surface area contributed by atoms with E-state index in [1.807, 2.05) is 32.3 Å². The van der Waals surface area contributed by atoms with Crippen LogP contribution < -0.4 is 5.32 Å². The molecule has 1 aromatic heterocycles. The molecule has 1 aromatic carbocycles. The lowest BCUT2D eigenvalue weighted by atomic mass is 10.1. The first-order valence-corrected chi connectivity index (χ1v) is 9.56. The molecule has 9 nitrogen and oxygen atoms in total. The molecule has 0 aliphatic rings. The van der Waals surface area contributed by atoms with Crippen LogP contribution in [-0.4, -0.2) is 49.2 Å². The number of carbonyl (C=O) groups is 4. The number of benzene rings is 1. The number of nitrogens with one attached hydrogen (secondary N) is 1. The summed E-state index contributed by atoms with van der Waals surface area (Å²) < 4.78 is 16.5. The van der Waals surface area contributed by atoms with E-state index in [4.69, 9.17) is 4.74 Å². The van der Waals surface area contributed by atoms with Crippen molar-refractivity contribution in [2.24, 2.45) is 0 Å². The van der Waals surface area contributed by atoms with Gasteiger partial charge in [0.05, 0.1) is 30.9 Å². The third kappa shape index (κ3) is 5.50. The molecule has 0 fully saturated rings. The Hall–Kier alpha value is -3.62. The molecule has 0 saturated heterocycles. The number of esters is 3. The standard InChI is InChI=1S/C22H26N2O7/c1-12(2)24-13(3)7-18(14(24)4)22(28)31-11-19(25)23-17-9-15(20(26)29-5)8-16(10-17)21(27)30-6/h7-10,12H,11H2,1-6H3,(H,23,25). The van der Waals surface area contributed by atoms with E-state index in [9.17, 15) is 19.2 Å². The normalized spacial score (nSPS) is 10.5. The minimum Gasteiger partial charge on any atom is -0.465 e. The molecule has 0 radical (unpaired) electrons. The van der Waals surface area contributed by atoms with Crippen molar-refractivity contribution in [3.8, 4) is 0 Å². The van der Waals surface area contributed by atoms with Crippen LogP contribution in [0.15, 0.2) is 24.3 Å². The van der Waals surface area contributed by atoms with Crippen LogP contribution in [0.25, 0.3) is 0 Å². The molecule has 2 rings (SSSR count). The molecule has 0 unspecified atom stereocenters. The van der Waals surface area contributed by atoms with Crippen molar-refractivity contribution in [3.63, 3.8) is 0 Å². The summed E-state index contributed by atoms with van der Waals surface area (Å²) in [5.41, 5.74) is 2.32. The van der Waals surface area contributed by atoms with Crippen molar-refractivity contribution in [2.45, 2.75) is 33.7 Å². The number of ether oxygens (including phenoxy) is 3. The van der Waals surface area contributed by atoms with E-state index in [-0.39, 0.29) is 22.9 Å². The van der Waals surface area contributed by atoms with Gasteiger partial charge in [-0.2, -0.15) is 0 Å². The van der Waals surface area contributed by atoms with E-state index in [1.54, 1.807) is 6.07 Å². The maximum atomic E-state index is 12.4. The zero-order valence-electron chi connectivity index (χ0n) is 18.4. The lowest BCUT2D eigenvalue weighted by Crippen LogP contribution is -2.21. The van der Waals surface area contributed by atoms with Gasteiger partial charge in [0.25, 0.3) is 5.91 Å². The van der Waals surface area contributed by atoms with E-state index < -0.39 is 30.4 Å². The van der Waals surface area contributed by atoms with Crippen molar-refractivity contribution in [1.29, 1.82) is 0 Å². The van der Waals surface area contributed by atoms with Gasteiger partial charge in [-0.1, -0.05) is 0 Å². The number of aromatic nitrogens is 1. The number of rotatable bonds is 7. The fraction of sp³-hybridized carbons (Fsp3) is 0.364. The predicted octanol–water partition coefficient (Wildman–Crippen LogP) is 3.05. The maximum Gasteiger partial charge on any atom is 0.340 e. The topological polar surface area (TPSA) is 113 Å². The highest BCUT2D eigenvalue weighted by atomic mass is 16.5. The highest BCUT2D eigenvalue weighted by molar-refractivity contribution is 6.00. The summed E-state index contributed by atoms with van der Waals surface area (Å²) in [5.74, 6) is -2.63. The van der Waals surface area contributed by atoms with Crippen LogP contribution in [0.3, 0.4) is 0 Å². The van der Waals surface area contributed by atoms with Crippen molar-refractivity contribution in [1.82, 2.24) is 4.57 Å². The first kappa shape index (κ1) is 23.7. The van der Waals surface area contributed by atoms with Gasteiger partial charge >= 0.3 is 17.9 Å². The van der Waals surface area contributed by atoms with Gasteiger partial charge in [0.15, 0.2) is 6.61 Å². The van der Waals surface area contributed by atoms with Crippen LogP contribution in [-0.2, 0) is 19.0 Å². The largest absolute Gasteiger partial charge is 0.465 e. The van der Waals surface area contributed by atoms with Crippen molar-refractivity contribution in [2.75, 3.05) is 26.1 Å². The summed E-state index contributed by atoms with van der Waals surface area (Å²) in [6.45, 7) is 7.18. The van der Waals surface area contributed by atoms with Crippen LogP contribution in [0.2, 0.25) is 0 Å². The lowest BCUT2D eigenvalue weighted by Gasteiger charge is -2.13. The Morgan fingerprint density at radius 3 is 1.90 bits per heavy atom. The van der Waals surface area contributed by atoms with E-state index in [0.29, 0.717) is 5.56 Å². The molecule has 0 aliphatic heterocycles. The minimum absolute atomic E-state index is 0.0545. The van der Waals surface area contributed by atoms with Gasteiger partial charge < -0.3 is 24.1 Å². The predicted molar refractivity (Wildman–Crippen MR) is 112 cm³/mol. The molecule has 2 aromatic rings.